The number of hydrogen-bond donors (Lipinski definition) is 1. The van der Waals surface area contributed by atoms with Crippen LogP contribution in [0, 0.1) is 5.92 Å². The minimum Gasteiger partial charge on any atom is -0.338 e. The molecule has 74 valence electrons. The second kappa shape index (κ2) is 3.65. The zero-order valence-corrected chi connectivity index (χ0v) is 7.94. The number of likely N-dealkylation sites (tertiary alicyclic amines) is 1. The zero-order chi connectivity index (χ0) is 9.97. The molecule has 2 heterocycles. The van der Waals surface area contributed by atoms with Crippen LogP contribution in [-0.2, 0) is 11.3 Å². The van der Waals surface area contributed by atoms with E-state index in [1.807, 2.05) is 17.2 Å². The number of nitrogens with one attached hydrogen (secondary N) is 1. The molecule has 1 N–H and O–H groups in total. The van der Waals surface area contributed by atoms with Crippen LogP contribution in [0.3, 0.4) is 0 Å². The van der Waals surface area contributed by atoms with Crippen molar-refractivity contribution in [3.8, 4) is 0 Å². The molecule has 0 radical (unpaired) electrons. The highest BCUT2D eigenvalue weighted by Gasteiger charge is 2.27. The molecule has 0 saturated carbocycles. The molecule has 1 aromatic rings. The zero-order valence-electron chi connectivity index (χ0n) is 7.94. The summed E-state index contributed by atoms with van der Waals surface area (Å²) >= 11 is 0. The maximum atomic E-state index is 11.5. The van der Waals surface area contributed by atoms with Gasteiger partial charge in [0.05, 0.1) is 6.20 Å². The van der Waals surface area contributed by atoms with Gasteiger partial charge in [0.1, 0.15) is 0 Å². The minimum atomic E-state index is 0.205. The molecule has 1 saturated heterocycles. The minimum absolute atomic E-state index is 0.205. The summed E-state index contributed by atoms with van der Waals surface area (Å²) in [4.78, 5) is 13.4. The molecular weight excluding hydrogens is 178 g/mol. The van der Waals surface area contributed by atoms with Crippen LogP contribution in [0.2, 0.25) is 0 Å². The summed E-state index contributed by atoms with van der Waals surface area (Å²) in [5, 5.41) is 6.58. The van der Waals surface area contributed by atoms with Crippen LogP contribution < -0.4 is 0 Å². The summed E-state index contributed by atoms with van der Waals surface area (Å²) in [5.74, 6) is 0.519. The summed E-state index contributed by atoms with van der Waals surface area (Å²) in [6.07, 6.45) is 6.01. The van der Waals surface area contributed by atoms with Gasteiger partial charge in [-0.05, 0) is 0 Å². The van der Waals surface area contributed by atoms with E-state index >= 15 is 0 Å². The molecule has 1 unspecified atom stereocenters. The van der Waals surface area contributed by atoms with Gasteiger partial charge in [0.2, 0.25) is 5.91 Å². The summed E-state index contributed by atoms with van der Waals surface area (Å²) in [5.41, 5.74) is 1.04. The van der Waals surface area contributed by atoms with Crippen molar-refractivity contribution in [3.05, 3.63) is 30.6 Å². The molecule has 14 heavy (non-hydrogen) atoms. The smallest absolute Gasteiger partial charge is 0.223 e. The first kappa shape index (κ1) is 8.99. The first-order chi connectivity index (χ1) is 6.79. The second-order valence-corrected chi connectivity index (χ2v) is 3.58. The Morgan fingerprint density at radius 3 is 3.21 bits per heavy atom. The molecule has 1 aliphatic heterocycles. The van der Waals surface area contributed by atoms with E-state index in [-0.39, 0.29) is 5.91 Å². The lowest BCUT2D eigenvalue weighted by atomic mass is 10.1. The van der Waals surface area contributed by atoms with Gasteiger partial charge in [0, 0.05) is 37.2 Å². The molecule has 1 aliphatic rings. The van der Waals surface area contributed by atoms with Crippen LogP contribution in [0.5, 0.6) is 0 Å². The molecular formula is C10H13N3O. The maximum absolute atomic E-state index is 11.5. The topological polar surface area (TPSA) is 49.0 Å². The third-order valence-corrected chi connectivity index (χ3v) is 2.51. The Morgan fingerprint density at radius 1 is 1.79 bits per heavy atom. The van der Waals surface area contributed by atoms with Crippen molar-refractivity contribution in [2.24, 2.45) is 5.92 Å². The average molecular weight is 191 g/mol. The van der Waals surface area contributed by atoms with E-state index in [2.05, 4.69) is 16.8 Å². The summed E-state index contributed by atoms with van der Waals surface area (Å²) in [7, 11) is 0. The van der Waals surface area contributed by atoms with Crippen LogP contribution in [0.4, 0.5) is 0 Å². The molecule has 0 spiro atoms. The molecule has 2 rings (SSSR count). The molecule has 4 nitrogen and oxygen atoms in total. The summed E-state index contributed by atoms with van der Waals surface area (Å²) in [6, 6.07) is 0. The van der Waals surface area contributed by atoms with Gasteiger partial charge in [-0.3, -0.25) is 9.89 Å². The Balaban J connectivity index is 1.99. The van der Waals surface area contributed by atoms with Crippen LogP contribution in [0.15, 0.2) is 25.0 Å². The van der Waals surface area contributed by atoms with Crippen molar-refractivity contribution in [1.82, 2.24) is 15.1 Å². The predicted octanol–water partition coefficient (Wildman–Crippen LogP) is 0.944. The van der Waals surface area contributed by atoms with E-state index in [1.165, 1.54) is 0 Å². The molecule has 0 aromatic carbocycles. The van der Waals surface area contributed by atoms with Gasteiger partial charge in [-0.25, -0.2) is 0 Å². The molecule has 1 amide bonds. The van der Waals surface area contributed by atoms with Crippen LogP contribution >= 0.6 is 0 Å². The second-order valence-electron chi connectivity index (χ2n) is 3.58. The lowest BCUT2D eigenvalue weighted by Gasteiger charge is -2.14. The van der Waals surface area contributed by atoms with Crippen molar-refractivity contribution in [2.45, 2.75) is 13.0 Å². The molecule has 0 bridgehead atoms. The number of hydrogen-bond acceptors (Lipinski definition) is 2. The number of carbonyl (C=O) groups is 1. The third-order valence-electron chi connectivity index (χ3n) is 2.51. The normalized spacial score (nSPS) is 21.6. The Morgan fingerprint density at radius 2 is 2.64 bits per heavy atom. The molecule has 1 atom stereocenters. The van der Waals surface area contributed by atoms with E-state index in [0.717, 1.165) is 12.1 Å². The van der Waals surface area contributed by atoms with E-state index in [4.69, 9.17) is 0 Å². The third kappa shape index (κ3) is 1.69. The number of H-pyrrole nitrogens is 1. The van der Waals surface area contributed by atoms with E-state index in [0.29, 0.717) is 18.9 Å². The van der Waals surface area contributed by atoms with Crippen molar-refractivity contribution < 1.29 is 4.79 Å². The largest absolute Gasteiger partial charge is 0.338 e. The van der Waals surface area contributed by atoms with Gasteiger partial charge in [-0.1, -0.05) is 6.08 Å². The first-order valence-corrected chi connectivity index (χ1v) is 4.67. The average Bonchev–Trinajstić information content (AvgIpc) is 2.78. The van der Waals surface area contributed by atoms with Crippen LogP contribution in [-0.4, -0.2) is 27.5 Å². The maximum Gasteiger partial charge on any atom is 0.223 e. The van der Waals surface area contributed by atoms with E-state index in [9.17, 15) is 4.79 Å². The van der Waals surface area contributed by atoms with Gasteiger partial charge < -0.3 is 4.90 Å². The van der Waals surface area contributed by atoms with E-state index < -0.39 is 0 Å². The first-order valence-electron chi connectivity index (χ1n) is 4.67. The molecule has 1 fully saturated rings. The lowest BCUT2D eigenvalue weighted by molar-refractivity contribution is -0.128. The highest BCUT2D eigenvalue weighted by atomic mass is 16.2. The SMILES string of the molecule is C=CC1CC(=O)N(Cc2cn[nH]c2)C1. The summed E-state index contributed by atoms with van der Waals surface area (Å²) in [6.45, 7) is 5.15. The Kier molecular flexibility index (Phi) is 2.35. The van der Waals surface area contributed by atoms with Gasteiger partial charge in [0.15, 0.2) is 0 Å². The lowest BCUT2D eigenvalue weighted by Crippen LogP contribution is -2.24. The standard InChI is InChI=1S/C10H13N3O/c1-2-8-3-10(14)13(6-8)7-9-4-11-12-5-9/h2,4-5,8H,1,3,6-7H2,(H,11,12). The number of rotatable bonds is 3. The van der Waals surface area contributed by atoms with Crippen LogP contribution in [0.25, 0.3) is 0 Å². The fraction of sp³-hybridized carbons (Fsp3) is 0.400. The van der Waals surface area contributed by atoms with Crippen molar-refractivity contribution >= 4 is 5.91 Å². The quantitative estimate of drug-likeness (QED) is 0.723. The Labute approximate surface area is 82.6 Å². The van der Waals surface area contributed by atoms with Crippen LogP contribution in [0.1, 0.15) is 12.0 Å². The van der Waals surface area contributed by atoms with Crippen molar-refractivity contribution in [3.63, 3.8) is 0 Å². The molecule has 4 heteroatoms. The predicted molar refractivity (Wildman–Crippen MR) is 52.3 cm³/mol. The van der Waals surface area contributed by atoms with Crippen molar-refractivity contribution in [1.29, 1.82) is 0 Å². The van der Waals surface area contributed by atoms with Gasteiger partial charge >= 0.3 is 0 Å². The highest BCUT2D eigenvalue weighted by Crippen LogP contribution is 2.20. The fourth-order valence-corrected chi connectivity index (χ4v) is 1.70. The number of aromatic nitrogens is 2. The number of carbonyl (C=O) groups excluding carboxylic acids is 1. The number of aromatic amines is 1. The Hall–Kier alpha value is -1.58. The monoisotopic (exact) mass is 191 g/mol. The van der Waals surface area contributed by atoms with Gasteiger partial charge in [-0.2, -0.15) is 5.10 Å². The van der Waals surface area contributed by atoms with Crippen molar-refractivity contribution in [2.75, 3.05) is 6.54 Å². The highest BCUT2D eigenvalue weighted by molar-refractivity contribution is 5.78. The van der Waals surface area contributed by atoms with E-state index in [1.54, 1.807) is 6.20 Å². The summed E-state index contributed by atoms with van der Waals surface area (Å²) < 4.78 is 0. The molecule has 0 aliphatic carbocycles. The Bertz CT molecular complexity index is 331. The van der Waals surface area contributed by atoms with Gasteiger partial charge in [0.25, 0.3) is 0 Å². The number of amides is 1. The number of nitrogens with zero attached hydrogens (tertiary/aromatic N) is 2. The molecule has 1 aromatic heterocycles. The fourth-order valence-electron chi connectivity index (χ4n) is 1.70. The van der Waals surface area contributed by atoms with Gasteiger partial charge in [-0.15, -0.1) is 6.58 Å².